The van der Waals surface area contributed by atoms with Crippen LogP contribution >= 0.6 is 11.6 Å². The zero-order valence-corrected chi connectivity index (χ0v) is 15.6. The van der Waals surface area contributed by atoms with Gasteiger partial charge in [-0.2, -0.15) is 0 Å². The van der Waals surface area contributed by atoms with Crippen LogP contribution in [-0.2, 0) is 9.84 Å². The molecule has 2 aromatic rings. The van der Waals surface area contributed by atoms with Crippen LogP contribution in [0.15, 0.2) is 41.4 Å². The summed E-state index contributed by atoms with van der Waals surface area (Å²) in [5, 5.41) is 3.91. The molecule has 0 aliphatic carbocycles. The molecule has 0 bridgehead atoms. The Kier molecular flexibility index (Phi) is 5.06. The van der Waals surface area contributed by atoms with Gasteiger partial charge in [0.05, 0.1) is 12.8 Å². The molecule has 1 aliphatic rings. The summed E-state index contributed by atoms with van der Waals surface area (Å²) in [5.41, 5.74) is 0.934. The Balaban J connectivity index is 1.78. The number of benzene rings is 1. The third-order valence-corrected chi connectivity index (χ3v) is 5.54. The van der Waals surface area contributed by atoms with Crippen molar-refractivity contribution in [3.8, 4) is 5.75 Å². The zero-order chi connectivity index (χ0) is 18.0. The largest absolute Gasteiger partial charge is 0.495 e. The van der Waals surface area contributed by atoms with Crippen molar-refractivity contribution in [1.29, 1.82) is 0 Å². The first kappa shape index (κ1) is 17.8. The number of aromatic nitrogens is 1. The van der Waals surface area contributed by atoms with E-state index in [-0.39, 0.29) is 10.9 Å². The maximum absolute atomic E-state index is 11.9. The van der Waals surface area contributed by atoms with E-state index in [0.717, 1.165) is 24.4 Å². The number of ether oxygens (including phenoxy) is 1. The molecule has 1 aromatic carbocycles. The molecule has 6 nitrogen and oxygen atoms in total. The molecule has 1 N–H and O–H groups in total. The number of nitrogens with zero attached hydrogens (tertiary/aromatic N) is 2. The highest BCUT2D eigenvalue weighted by Crippen LogP contribution is 2.34. The standard InChI is InChI=1S/C17H20ClN3O3S/c1-24-15-6-5-12(18)10-14(15)21-9-7-13(11-21)20-17-16(25(2,22)23)4-3-8-19-17/h3-6,8,10,13H,7,9,11H2,1-2H3,(H,19,20). The van der Waals surface area contributed by atoms with Gasteiger partial charge in [0.1, 0.15) is 16.5 Å². The molecule has 1 fully saturated rings. The zero-order valence-electron chi connectivity index (χ0n) is 14.1. The van der Waals surface area contributed by atoms with Crippen molar-refractivity contribution in [3.05, 3.63) is 41.6 Å². The molecule has 1 unspecified atom stereocenters. The molecular formula is C17H20ClN3O3S. The van der Waals surface area contributed by atoms with Gasteiger partial charge in [-0.3, -0.25) is 0 Å². The quantitative estimate of drug-likeness (QED) is 0.858. The van der Waals surface area contributed by atoms with E-state index in [9.17, 15) is 8.42 Å². The Labute approximate surface area is 152 Å². The van der Waals surface area contributed by atoms with Gasteiger partial charge in [-0.15, -0.1) is 0 Å². The SMILES string of the molecule is COc1ccc(Cl)cc1N1CCC(Nc2ncccc2S(C)(=O)=O)C1. The van der Waals surface area contributed by atoms with Crippen LogP contribution < -0.4 is 15.0 Å². The number of halogens is 1. The van der Waals surface area contributed by atoms with Crippen molar-refractivity contribution < 1.29 is 13.2 Å². The Morgan fingerprint density at radius 3 is 2.88 bits per heavy atom. The van der Waals surface area contributed by atoms with Crippen LogP contribution in [0.25, 0.3) is 0 Å². The fourth-order valence-corrected chi connectivity index (χ4v) is 3.95. The summed E-state index contributed by atoms with van der Waals surface area (Å²) in [5.74, 6) is 1.16. The molecule has 2 heterocycles. The van der Waals surface area contributed by atoms with Gasteiger partial charge in [0.15, 0.2) is 9.84 Å². The fourth-order valence-electron chi connectivity index (χ4n) is 3.00. The summed E-state index contributed by atoms with van der Waals surface area (Å²) in [6.45, 7) is 1.52. The number of hydrogen-bond acceptors (Lipinski definition) is 6. The maximum atomic E-state index is 11.9. The van der Waals surface area contributed by atoms with E-state index in [4.69, 9.17) is 16.3 Å². The molecule has 1 saturated heterocycles. The normalized spacial score (nSPS) is 17.6. The van der Waals surface area contributed by atoms with E-state index in [0.29, 0.717) is 17.4 Å². The number of rotatable bonds is 5. The molecule has 3 rings (SSSR count). The minimum Gasteiger partial charge on any atom is -0.495 e. The average Bonchev–Trinajstić information content (AvgIpc) is 3.02. The monoisotopic (exact) mass is 381 g/mol. The van der Waals surface area contributed by atoms with E-state index < -0.39 is 9.84 Å². The van der Waals surface area contributed by atoms with Gasteiger partial charge in [-0.1, -0.05) is 11.6 Å². The predicted octanol–water partition coefficient (Wildman–Crippen LogP) is 2.84. The minimum absolute atomic E-state index is 0.0825. The molecule has 1 aliphatic heterocycles. The molecule has 0 saturated carbocycles. The van der Waals surface area contributed by atoms with E-state index in [1.165, 1.54) is 6.26 Å². The number of hydrogen-bond donors (Lipinski definition) is 1. The van der Waals surface area contributed by atoms with Gasteiger partial charge in [0, 0.05) is 36.6 Å². The lowest BCUT2D eigenvalue weighted by molar-refractivity contribution is 0.415. The van der Waals surface area contributed by atoms with Crippen LogP contribution in [0.2, 0.25) is 5.02 Å². The van der Waals surface area contributed by atoms with Crippen LogP contribution in [0.5, 0.6) is 5.75 Å². The van der Waals surface area contributed by atoms with E-state index >= 15 is 0 Å². The Morgan fingerprint density at radius 2 is 2.16 bits per heavy atom. The lowest BCUT2D eigenvalue weighted by Gasteiger charge is -2.22. The van der Waals surface area contributed by atoms with Crippen molar-refractivity contribution in [1.82, 2.24) is 4.98 Å². The van der Waals surface area contributed by atoms with Crippen molar-refractivity contribution in [2.45, 2.75) is 17.4 Å². The number of anilines is 2. The number of nitrogens with one attached hydrogen (secondary N) is 1. The summed E-state index contributed by atoms with van der Waals surface area (Å²) in [4.78, 5) is 6.59. The molecule has 1 atom stereocenters. The summed E-state index contributed by atoms with van der Waals surface area (Å²) in [6, 6.07) is 8.79. The highest BCUT2D eigenvalue weighted by Gasteiger charge is 2.26. The van der Waals surface area contributed by atoms with E-state index in [1.54, 1.807) is 31.5 Å². The number of pyridine rings is 1. The first-order valence-corrected chi connectivity index (χ1v) is 10.2. The molecule has 25 heavy (non-hydrogen) atoms. The van der Waals surface area contributed by atoms with E-state index in [2.05, 4.69) is 15.2 Å². The smallest absolute Gasteiger partial charge is 0.179 e. The average molecular weight is 382 g/mol. The summed E-state index contributed by atoms with van der Waals surface area (Å²) >= 11 is 6.11. The molecule has 1 aromatic heterocycles. The van der Waals surface area contributed by atoms with Crippen LogP contribution in [0, 0.1) is 0 Å². The molecule has 134 valence electrons. The fraction of sp³-hybridized carbons (Fsp3) is 0.353. The van der Waals surface area contributed by atoms with Gasteiger partial charge in [-0.25, -0.2) is 13.4 Å². The first-order chi connectivity index (χ1) is 11.9. The maximum Gasteiger partial charge on any atom is 0.179 e. The second kappa shape index (κ2) is 7.09. The molecule has 8 heteroatoms. The topological polar surface area (TPSA) is 71.5 Å². The second-order valence-corrected chi connectivity index (χ2v) is 8.44. The van der Waals surface area contributed by atoms with Crippen LogP contribution in [0.3, 0.4) is 0 Å². The van der Waals surface area contributed by atoms with Gasteiger partial charge < -0.3 is 15.0 Å². The third-order valence-electron chi connectivity index (χ3n) is 4.18. The molecular weight excluding hydrogens is 362 g/mol. The summed E-state index contributed by atoms with van der Waals surface area (Å²) in [7, 11) is -1.70. The highest BCUT2D eigenvalue weighted by atomic mass is 35.5. The van der Waals surface area contributed by atoms with Crippen molar-refractivity contribution in [2.24, 2.45) is 0 Å². The van der Waals surface area contributed by atoms with Gasteiger partial charge in [0.25, 0.3) is 0 Å². The molecule has 0 amide bonds. The van der Waals surface area contributed by atoms with Crippen molar-refractivity contribution in [2.75, 3.05) is 36.7 Å². The lowest BCUT2D eigenvalue weighted by atomic mass is 10.2. The number of methoxy groups -OCH3 is 1. The Morgan fingerprint density at radius 1 is 1.36 bits per heavy atom. The minimum atomic E-state index is -3.33. The van der Waals surface area contributed by atoms with Gasteiger partial charge >= 0.3 is 0 Å². The van der Waals surface area contributed by atoms with Gasteiger partial charge in [0.2, 0.25) is 0 Å². The summed E-state index contributed by atoms with van der Waals surface area (Å²) < 4.78 is 29.2. The van der Waals surface area contributed by atoms with Crippen molar-refractivity contribution >= 4 is 32.9 Å². The number of sulfone groups is 1. The van der Waals surface area contributed by atoms with Gasteiger partial charge in [-0.05, 0) is 36.8 Å². The predicted molar refractivity (Wildman–Crippen MR) is 99.6 cm³/mol. The Hall–Kier alpha value is -1.99. The van der Waals surface area contributed by atoms with Crippen LogP contribution in [0.4, 0.5) is 11.5 Å². The van der Waals surface area contributed by atoms with E-state index in [1.807, 2.05) is 12.1 Å². The van der Waals surface area contributed by atoms with Crippen molar-refractivity contribution in [3.63, 3.8) is 0 Å². The highest BCUT2D eigenvalue weighted by molar-refractivity contribution is 7.90. The lowest BCUT2D eigenvalue weighted by Crippen LogP contribution is -2.27. The third kappa shape index (κ3) is 3.99. The van der Waals surface area contributed by atoms with Crippen LogP contribution in [0.1, 0.15) is 6.42 Å². The molecule has 0 spiro atoms. The molecule has 0 radical (unpaired) electrons. The van der Waals surface area contributed by atoms with Crippen LogP contribution in [-0.4, -0.2) is 45.9 Å². The Bertz CT molecular complexity index is 873. The second-order valence-electron chi connectivity index (χ2n) is 6.01. The summed E-state index contributed by atoms with van der Waals surface area (Å²) in [6.07, 6.45) is 3.63. The first-order valence-electron chi connectivity index (χ1n) is 7.88.